The number of anilines is 1. The Morgan fingerprint density at radius 1 is 1.10 bits per heavy atom. The molecule has 1 aliphatic rings. The molecule has 1 saturated carbocycles. The molecule has 1 aromatic carbocycles. The first-order valence-corrected chi connectivity index (χ1v) is 10.7. The summed E-state index contributed by atoms with van der Waals surface area (Å²) < 4.78 is 2.27. The second-order valence-corrected chi connectivity index (χ2v) is 8.64. The molecular weight excluding hydrogens is 405 g/mol. The summed E-state index contributed by atoms with van der Waals surface area (Å²) in [5.41, 5.74) is 8.99. The third-order valence-corrected chi connectivity index (χ3v) is 6.68. The molecule has 4 aromatic rings. The van der Waals surface area contributed by atoms with Gasteiger partial charge in [0.05, 0.1) is 15.9 Å². The Hall–Kier alpha value is -2.37. The van der Waals surface area contributed by atoms with Gasteiger partial charge in [0, 0.05) is 17.6 Å². The van der Waals surface area contributed by atoms with E-state index in [-0.39, 0.29) is 0 Å². The van der Waals surface area contributed by atoms with Crippen molar-refractivity contribution in [3.8, 4) is 0 Å². The lowest BCUT2D eigenvalue weighted by Gasteiger charge is -2.14. The molecule has 3 aromatic heterocycles. The highest BCUT2D eigenvalue weighted by molar-refractivity contribution is 6.34. The highest BCUT2D eigenvalue weighted by Crippen LogP contribution is 2.39. The maximum absolute atomic E-state index is 6.20. The van der Waals surface area contributed by atoms with E-state index in [4.69, 9.17) is 28.9 Å². The molecule has 3 heterocycles. The lowest BCUT2D eigenvalue weighted by molar-refractivity contribution is 0.461. The molecule has 0 saturated heterocycles. The van der Waals surface area contributed by atoms with Crippen LogP contribution in [0.15, 0.2) is 42.9 Å². The molecule has 0 spiro atoms. The summed E-state index contributed by atoms with van der Waals surface area (Å²) in [6, 6.07) is 10.8. The summed E-state index contributed by atoms with van der Waals surface area (Å²) in [4.78, 5) is 12.9. The largest absolute Gasteiger partial charge is 0.382 e. The minimum absolute atomic E-state index is 0.387. The van der Waals surface area contributed by atoms with Crippen LogP contribution in [-0.4, -0.2) is 19.5 Å². The third kappa shape index (κ3) is 3.53. The topological polar surface area (TPSA) is 69.6 Å². The van der Waals surface area contributed by atoms with Gasteiger partial charge < -0.3 is 10.3 Å². The smallest absolute Gasteiger partial charge is 0.145 e. The zero-order valence-electron chi connectivity index (χ0n) is 15.9. The van der Waals surface area contributed by atoms with Crippen molar-refractivity contribution in [3.05, 3.63) is 58.6 Å². The molecule has 2 unspecified atom stereocenters. The molecule has 0 amide bonds. The van der Waals surface area contributed by atoms with Crippen molar-refractivity contribution in [1.82, 2.24) is 19.5 Å². The van der Waals surface area contributed by atoms with E-state index in [2.05, 4.69) is 43.9 Å². The third-order valence-electron chi connectivity index (χ3n) is 6.07. The Kier molecular flexibility index (Phi) is 4.80. The van der Waals surface area contributed by atoms with E-state index in [1.807, 2.05) is 12.1 Å². The van der Waals surface area contributed by atoms with Crippen LogP contribution in [0.1, 0.15) is 37.3 Å². The first-order chi connectivity index (χ1) is 14.1. The van der Waals surface area contributed by atoms with Crippen LogP contribution < -0.4 is 5.73 Å². The number of hydrogen-bond acceptors (Lipinski definition) is 4. The maximum atomic E-state index is 6.20. The zero-order valence-corrected chi connectivity index (χ0v) is 17.4. The number of aromatic nitrogens is 4. The number of rotatable bonds is 4. The quantitative estimate of drug-likeness (QED) is 0.416. The van der Waals surface area contributed by atoms with Crippen molar-refractivity contribution in [2.45, 2.75) is 38.1 Å². The zero-order chi connectivity index (χ0) is 20.0. The molecule has 1 aliphatic carbocycles. The lowest BCUT2D eigenvalue weighted by Crippen LogP contribution is -2.06. The number of aryl methyl sites for hydroxylation is 1. The second-order valence-electron chi connectivity index (χ2n) is 7.88. The molecule has 0 bridgehead atoms. The standard InChI is InChI=1S/C22H21Cl2N5/c23-18-11-15-5-3-14(10-19(15)28-21(18)25)2-1-13-4-6-16(9-13)29-8-7-17-20(24)26-12-27-22(17)29/h3,5,7-8,10-13,16H,1-2,4,6,9H2,(H2,25,28). The van der Waals surface area contributed by atoms with Crippen LogP contribution in [0.2, 0.25) is 10.2 Å². The summed E-state index contributed by atoms with van der Waals surface area (Å²) in [5.74, 6) is 1.09. The van der Waals surface area contributed by atoms with Crippen LogP contribution in [0.4, 0.5) is 5.82 Å². The predicted molar refractivity (Wildman–Crippen MR) is 118 cm³/mol. The molecule has 5 rings (SSSR count). The second kappa shape index (κ2) is 7.47. The van der Waals surface area contributed by atoms with Crippen LogP contribution >= 0.6 is 23.2 Å². The number of fused-ring (bicyclic) bond motifs is 2. The van der Waals surface area contributed by atoms with Crippen LogP contribution in [0.5, 0.6) is 0 Å². The molecule has 7 heteroatoms. The number of nitrogen functional groups attached to an aromatic ring is 1. The number of hydrogen-bond donors (Lipinski definition) is 1. The van der Waals surface area contributed by atoms with E-state index in [9.17, 15) is 0 Å². The minimum Gasteiger partial charge on any atom is -0.382 e. The minimum atomic E-state index is 0.387. The maximum Gasteiger partial charge on any atom is 0.145 e. The van der Waals surface area contributed by atoms with Crippen molar-refractivity contribution in [2.24, 2.45) is 5.92 Å². The normalized spacial score (nSPS) is 19.4. The number of halogens is 2. The van der Waals surface area contributed by atoms with Gasteiger partial charge >= 0.3 is 0 Å². The van der Waals surface area contributed by atoms with Gasteiger partial charge in [-0.1, -0.05) is 35.3 Å². The highest BCUT2D eigenvalue weighted by Gasteiger charge is 2.27. The van der Waals surface area contributed by atoms with Crippen molar-refractivity contribution >= 4 is 51.0 Å². The van der Waals surface area contributed by atoms with Crippen molar-refractivity contribution in [1.29, 1.82) is 0 Å². The van der Waals surface area contributed by atoms with Gasteiger partial charge in [-0.05, 0) is 61.8 Å². The lowest BCUT2D eigenvalue weighted by atomic mass is 9.97. The van der Waals surface area contributed by atoms with Crippen LogP contribution in [-0.2, 0) is 6.42 Å². The van der Waals surface area contributed by atoms with Crippen molar-refractivity contribution in [3.63, 3.8) is 0 Å². The number of benzene rings is 1. The summed E-state index contributed by atoms with van der Waals surface area (Å²) in [7, 11) is 0. The van der Waals surface area contributed by atoms with Crippen molar-refractivity contribution < 1.29 is 0 Å². The summed E-state index contributed by atoms with van der Waals surface area (Å²) in [6.45, 7) is 0. The molecule has 2 N–H and O–H groups in total. The molecule has 148 valence electrons. The number of nitrogens with zero attached hydrogens (tertiary/aromatic N) is 4. The van der Waals surface area contributed by atoms with Gasteiger partial charge in [-0.25, -0.2) is 15.0 Å². The molecule has 2 atom stereocenters. The molecule has 29 heavy (non-hydrogen) atoms. The molecule has 0 radical (unpaired) electrons. The van der Waals surface area contributed by atoms with E-state index < -0.39 is 0 Å². The fraction of sp³-hybridized carbons (Fsp3) is 0.318. The Morgan fingerprint density at radius 3 is 2.90 bits per heavy atom. The fourth-order valence-corrected chi connectivity index (χ4v) is 4.88. The Labute approximate surface area is 178 Å². The van der Waals surface area contributed by atoms with Gasteiger partial charge in [-0.15, -0.1) is 0 Å². The van der Waals surface area contributed by atoms with Gasteiger partial charge in [-0.2, -0.15) is 0 Å². The van der Waals surface area contributed by atoms with E-state index in [1.165, 1.54) is 31.2 Å². The van der Waals surface area contributed by atoms with Gasteiger partial charge in [0.1, 0.15) is 22.9 Å². The summed E-state index contributed by atoms with van der Waals surface area (Å²) in [5, 5.41) is 2.98. The first-order valence-electron chi connectivity index (χ1n) is 9.90. The molecular formula is C22H21Cl2N5. The molecule has 5 nitrogen and oxygen atoms in total. The van der Waals surface area contributed by atoms with Crippen molar-refractivity contribution in [2.75, 3.05) is 5.73 Å². The predicted octanol–water partition coefficient (Wildman–Crippen LogP) is 5.84. The van der Waals surface area contributed by atoms with E-state index in [0.717, 1.165) is 28.4 Å². The average molecular weight is 426 g/mol. The fourth-order valence-electron chi connectivity index (χ4n) is 4.53. The van der Waals surface area contributed by atoms with Gasteiger partial charge in [-0.3, -0.25) is 0 Å². The number of nitrogens with two attached hydrogens (primary N) is 1. The monoisotopic (exact) mass is 425 g/mol. The van der Waals surface area contributed by atoms with Gasteiger partial charge in [0.15, 0.2) is 0 Å². The van der Waals surface area contributed by atoms with Gasteiger partial charge in [0.25, 0.3) is 0 Å². The summed E-state index contributed by atoms with van der Waals surface area (Å²) in [6.07, 6.45) is 9.42. The average Bonchev–Trinajstić information content (AvgIpc) is 3.35. The molecule has 0 aliphatic heterocycles. The molecule has 1 fully saturated rings. The Balaban J connectivity index is 1.27. The van der Waals surface area contributed by atoms with E-state index in [1.54, 1.807) is 6.33 Å². The van der Waals surface area contributed by atoms with Gasteiger partial charge in [0.2, 0.25) is 0 Å². The summed E-state index contributed by atoms with van der Waals surface area (Å²) >= 11 is 12.3. The number of pyridine rings is 1. The van der Waals surface area contributed by atoms with E-state index in [0.29, 0.717) is 28.0 Å². The van der Waals surface area contributed by atoms with E-state index >= 15 is 0 Å². The van der Waals surface area contributed by atoms with Crippen LogP contribution in [0.25, 0.3) is 21.9 Å². The Bertz CT molecular complexity index is 1200. The SMILES string of the molecule is Nc1nc2cc(CCC3CCC(n4ccc5c(Cl)ncnc54)C3)ccc2cc1Cl. The Morgan fingerprint density at radius 2 is 2.00 bits per heavy atom. The highest BCUT2D eigenvalue weighted by atomic mass is 35.5. The van der Waals surface area contributed by atoms with Crippen LogP contribution in [0.3, 0.4) is 0 Å². The first kappa shape index (κ1) is 18.6. The van der Waals surface area contributed by atoms with Crippen LogP contribution in [0, 0.1) is 5.92 Å².